The van der Waals surface area contributed by atoms with Crippen LogP contribution in [0.4, 0.5) is 0 Å². The van der Waals surface area contributed by atoms with Crippen LogP contribution in [-0.4, -0.2) is 20.7 Å². The molecule has 0 aliphatic rings. The summed E-state index contributed by atoms with van der Waals surface area (Å²) in [6.45, 7) is 3.97. The predicted octanol–water partition coefficient (Wildman–Crippen LogP) is 2.41. The molecule has 1 aromatic heterocycles. The summed E-state index contributed by atoms with van der Waals surface area (Å²) in [4.78, 5) is 10.9. The van der Waals surface area contributed by atoms with Gasteiger partial charge in [-0.1, -0.05) is 6.07 Å². The quantitative estimate of drug-likeness (QED) is 0.855. The van der Waals surface area contributed by atoms with Gasteiger partial charge in [0.15, 0.2) is 0 Å². The fourth-order valence-electron chi connectivity index (χ4n) is 2.14. The number of carboxylic acids is 1. The number of fused-ring (bicyclic) bond motifs is 1. The van der Waals surface area contributed by atoms with E-state index in [4.69, 9.17) is 5.11 Å². The number of carboxylic acid groups (broad SMARTS) is 1. The number of hydrogen-bond donors (Lipinski definition) is 2. The van der Waals surface area contributed by atoms with E-state index >= 15 is 0 Å². The number of nitrogens with zero attached hydrogens (tertiary/aromatic N) is 1. The van der Waals surface area contributed by atoms with Crippen LogP contribution in [0.2, 0.25) is 0 Å². The lowest BCUT2D eigenvalue weighted by Crippen LogP contribution is -2.05. The molecule has 0 amide bonds. The van der Waals surface area contributed by atoms with Gasteiger partial charge >= 0.3 is 5.97 Å². The average molecular weight is 233 g/mol. The normalized spacial score (nSPS) is 11.3. The fourth-order valence-corrected chi connectivity index (χ4v) is 2.14. The predicted molar refractivity (Wildman–Crippen MR) is 65.2 cm³/mol. The van der Waals surface area contributed by atoms with E-state index in [1.54, 1.807) is 18.2 Å². The maximum absolute atomic E-state index is 10.9. The fraction of sp³-hybridized carbons (Fsp3) is 0.308. The molecule has 0 saturated carbocycles. The van der Waals surface area contributed by atoms with E-state index in [9.17, 15) is 9.90 Å². The molecular formula is C13H15NO3. The van der Waals surface area contributed by atoms with Crippen molar-refractivity contribution in [2.24, 2.45) is 0 Å². The molecule has 1 aromatic carbocycles. The second-order valence-electron chi connectivity index (χ2n) is 4.34. The SMILES string of the molecule is CC(C)n1c(CO)cc2ccc(C(=O)O)cc21. The minimum Gasteiger partial charge on any atom is -0.478 e. The Bertz CT molecular complexity index is 569. The third kappa shape index (κ3) is 1.91. The number of aliphatic hydroxyl groups excluding tert-OH is 1. The highest BCUT2D eigenvalue weighted by Crippen LogP contribution is 2.25. The summed E-state index contributed by atoms with van der Waals surface area (Å²) in [7, 11) is 0. The van der Waals surface area contributed by atoms with Gasteiger partial charge in [0.1, 0.15) is 0 Å². The van der Waals surface area contributed by atoms with Crippen LogP contribution in [0.5, 0.6) is 0 Å². The molecule has 1 heterocycles. The Kier molecular flexibility index (Phi) is 2.90. The molecule has 2 N–H and O–H groups in total. The summed E-state index contributed by atoms with van der Waals surface area (Å²) in [5.41, 5.74) is 1.92. The highest BCUT2D eigenvalue weighted by molar-refractivity contribution is 5.93. The van der Waals surface area contributed by atoms with Gasteiger partial charge in [-0.05, 0) is 32.0 Å². The smallest absolute Gasteiger partial charge is 0.335 e. The molecule has 0 saturated heterocycles. The minimum absolute atomic E-state index is 0.0464. The van der Waals surface area contributed by atoms with E-state index in [0.29, 0.717) is 0 Å². The molecule has 0 atom stereocenters. The monoisotopic (exact) mass is 233 g/mol. The molecular weight excluding hydrogens is 218 g/mol. The Morgan fingerprint density at radius 2 is 2.06 bits per heavy atom. The average Bonchev–Trinajstić information content (AvgIpc) is 2.65. The summed E-state index contributed by atoms with van der Waals surface area (Å²) >= 11 is 0. The van der Waals surface area contributed by atoms with Crippen molar-refractivity contribution < 1.29 is 15.0 Å². The molecule has 4 heteroatoms. The van der Waals surface area contributed by atoms with Gasteiger partial charge in [-0.3, -0.25) is 0 Å². The Morgan fingerprint density at radius 1 is 1.35 bits per heavy atom. The molecule has 90 valence electrons. The van der Waals surface area contributed by atoms with Crippen molar-refractivity contribution in [1.82, 2.24) is 4.57 Å². The molecule has 0 radical (unpaired) electrons. The minimum atomic E-state index is -0.936. The standard InChI is InChI=1S/C13H15NO3/c1-8(2)14-11(7-15)5-9-3-4-10(13(16)17)6-12(9)14/h3-6,8,15H,7H2,1-2H3,(H,16,17). The summed E-state index contributed by atoms with van der Waals surface area (Å²) < 4.78 is 1.96. The van der Waals surface area contributed by atoms with Crippen LogP contribution in [0.15, 0.2) is 24.3 Å². The highest BCUT2D eigenvalue weighted by Gasteiger charge is 2.12. The number of carbonyl (C=O) groups is 1. The maximum atomic E-state index is 10.9. The van der Waals surface area contributed by atoms with Crippen molar-refractivity contribution in [1.29, 1.82) is 0 Å². The van der Waals surface area contributed by atoms with Gasteiger partial charge in [-0.15, -0.1) is 0 Å². The largest absolute Gasteiger partial charge is 0.478 e. The number of aromatic carboxylic acids is 1. The Labute approximate surface area is 99.1 Å². The number of aliphatic hydroxyl groups is 1. The summed E-state index contributed by atoms with van der Waals surface area (Å²) in [5.74, 6) is -0.936. The Balaban J connectivity index is 2.73. The number of rotatable bonds is 3. The second kappa shape index (κ2) is 4.22. The number of benzene rings is 1. The molecule has 2 aromatic rings. The molecule has 0 spiro atoms. The third-order valence-electron chi connectivity index (χ3n) is 2.85. The second-order valence-corrected chi connectivity index (χ2v) is 4.34. The van der Waals surface area contributed by atoms with Crippen molar-refractivity contribution in [3.63, 3.8) is 0 Å². The molecule has 0 aliphatic carbocycles. The van der Waals surface area contributed by atoms with Gasteiger partial charge in [0.2, 0.25) is 0 Å². The zero-order chi connectivity index (χ0) is 12.6. The van der Waals surface area contributed by atoms with E-state index in [-0.39, 0.29) is 18.2 Å². The van der Waals surface area contributed by atoms with E-state index in [1.165, 1.54) is 0 Å². The van der Waals surface area contributed by atoms with Gasteiger partial charge < -0.3 is 14.8 Å². The van der Waals surface area contributed by atoms with Gasteiger partial charge in [0, 0.05) is 22.6 Å². The molecule has 2 rings (SSSR count). The topological polar surface area (TPSA) is 62.5 Å². The van der Waals surface area contributed by atoms with Crippen LogP contribution in [0, 0.1) is 0 Å². The first-order valence-corrected chi connectivity index (χ1v) is 5.52. The number of aromatic nitrogens is 1. The van der Waals surface area contributed by atoms with Crippen LogP contribution in [0.3, 0.4) is 0 Å². The van der Waals surface area contributed by atoms with Crippen molar-refractivity contribution in [3.05, 3.63) is 35.5 Å². The van der Waals surface area contributed by atoms with Crippen LogP contribution in [0.25, 0.3) is 10.9 Å². The number of hydrogen-bond acceptors (Lipinski definition) is 2. The van der Waals surface area contributed by atoms with Crippen molar-refractivity contribution >= 4 is 16.9 Å². The zero-order valence-corrected chi connectivity index (χ0v) is 9.84. The lowest BCUT2D eigenvalue weighted by Gasteiger charge is -2.13. The van der Waals surface area contributed by atoms with Gasteiger partial charge in [-0.2, -0.15) is 0 Å². The molecule has 4 nitrogen and oxygen atoms in total. The highest BCUT2D eigenvalue weighted by atomic mass is 16.4. The lowest BCUT2D eigenvalue weighted by molar-refractivity contribution is 0.0697. The molecule has 0 bridgehead atoms. The molecule has 17 heavy (non-hydrogen) atoms. The van der Waals surface area contributed by atoms with E-state index in [2.05, 4.69) is 0 Å². The van der Waals surface area contributed by atoms with Crippen molar-refractivity contribution in [2.75, 3.05) is 0 Å². The zero-order valence-electron chi connectivity index (χ0n) is 9.84. The van der Waals surface area contributed by atoms with Gasteiger partial charge in [0.05, 0.1) is 12.2 Å². The molecule has 0 unspecified atom stereocenters. The van der Waals surface area contributed by atoms with Gasteiger partial charge in [-0.25, -0.2) is 4.79 Å². The lowest BCUT2D eigenvalue weighted by atomic mass is 10.1. The van der Waals surface area contributed by atoms with Crippen molar-refractivity contribution in [3.8, 4) is 0 Å². The first kappa shape index (κ1) is 11.7. The van der Waals surface area contributed by atoms with E-state index < -0.39 is 5.97 Å². The van der Waals surface area contributed by atoms with Crippen LogP contribution < -0.4 is 0 Å². The van der Waals surface area contributed by atoms with E-state index in [1.807, 2.05) is 24.5 Å². The molecule has 0 fully saturated rings. The van der Waals surface area contributed by atoms with Crippen LogP contribution in [-0.2, 0) is 6.61 Å². The van der Waals surface area contributed by atoms with Crippen molar-refractivity contribution in [2.45, 2.75) is 26.5 Å². The van der Waals surface area contributed by atoms with Crippen LogP contribution >= 0.6 is 0 Å². The molecule has 0 aliphatic heterocycles. The van der Waals surface area contributed by atoms with Crippen LogP contribution in [0.1, 0.15) is 35.9 Å². The van der Waals surface area contributed by atoms with Gasteiger partial charge in [0.25, 0.3) is 0 Å². The summed E-state index contributed by atoms with van der Waals surface area (Å²) in [6, 6.07) is 7.07. The first-order valence-electron chi connectivity index (χ1n) is 5.52. The Hall–Kier alpha value is -1.81. The van der Waals surface area contributed by atoms with E-state index in [0.717, 1.165) is 16.6 Å². The summed E-state index contributed by atoms with van der Waals surface area (Å²) in [5, 5.41) is 19.2. The summed E-state index contributed by atoms with van der Waals surface area (Å²) in [6.07, 6.45) is 0. The first-order chi connectivity index (χ1) is 8.04. The maximum Gasteiger partial charge on any atom is 0.335 e. The Morgan fingerprint density at radius 3 is 2.59 bits per heavy atom. The third-order valence-corrected chi connectivity index (χ3v) is 2.85.